The number of rotatable bonds is 0. The van der Waals surface area contributed by atoms with Crippen LogP contribution in [0.2, 0.25) is 0 Å². The van der Waals surface area contributed by atoms with Gasteiger partial charge in [-0.25, -0.2) is 0 Å². The molecule has 0 atom stereocenters. The van der Waals surface area contributed by atoms with E-state index in [1.165, 1.54) is 0 Å². The third-order valence-corrected chi connectivity index (χ3v) is 13.3. The Hall–Kier alpha value is 29.1. The molecular formula is C54H108K3N6O18Pd12Sb21. The summed E-state index contributed by atoms with van der Waals surface area (Å²) in [6.45, 7) is 39.5. The Morgan fingerprint density at radius 3 is 0.175 bits per heavy atom. The maximum atomic E-state index is 5.70. The second-order valence-corrected chi connectivity index (χ2v) is 19.1. The van der Waals surface area contributed by atoms with Crippen molar-refractivity contribution in [3.63, 3.8) is 0 Å². The summed E-state index contributed by atoms with van der Waals surface area (Å²) >= 11 is 0. The largest absolute Gasteiger partial charge is 0.378 e. The first-order chi connectivity index (χ1) is 38.8. The Morgan fingerprint density at radius 2 is 0.132 bits per heavy atom. The van der Waals surface area contributed by atoms with Crippen molar-refractivity contribution in [3.05, 3.63) is 0 Å². The molecule has 24 nitrogen and oxygen atoms in total. The van der Waals surface area contributed by atoms with Crippen molar-refractivity contribution >= 4 is 667 Å². The number of fused-ring (bicyclic) bond motifs is 63. The second-order valence-electron chi connectivity index (χ2n) is 19.1. The summed E-state index contributed by atoms with van der Waals surface area (Å²) in [7, 11) is 0. The van der Waals surface area contributed by atoms with Crippen LogP contribution in [-0.2, 0) is 330 Å². The summed E-state index contributed by atoms with van der Waals surface area (Å²) < 4.78 is 103. The zero-order chi connectivity index (χ0) is 54.4. The van der Waals surface area contributed by atoms with Crippen LogP contribution in [0.15, 0.2) is 0 Å². The predicted octanol–water partition coefficient (Wildman–Crippen LogP) is -10.0. The predicted molar refractivity (Wildman–Crippen MR) is 431 cm³/mol. The Morgan fingerprint density at radius 1 is 0.0877 bits per heavy atom. The average Bonchev–Trinajstić information content (AvgIpc) is 0.998. The molecule has 0 saturated carbocycles. The Labute approximate surface area is 1350 Å². The molecule has 114 heavy (non-hydrogen) atoms. The van der Waals surface area contributed by atoms with Crippen molar-refractivity contribution in [2.24, 2.45) is 0 Å². The number of hydrogen-bond acceptors (Lipinski definition) is 24. The van der Waals surface area contributed by atoms with Gasteiger partial charge in [0.2, 0.25) is 0 Å². The standard InChI is InChI=1S/3C18H36N2O6.3K.12Pd.21Sb/c3*1-7-21-13-14-24-10-4-20-5-11-25-17-15-22-8-2-19(1)3-9-23-16-18-26-12-6-20;;;;;;;;;;;;;;;;;;;;;;;;;;;;;;;;;;;;/h3*1-18H2;;;;;;;;;;;;;;;;;;;;;;;;;;;;;;;;;;;;. The minimum absolute atomic E-state index is 0. The Bertz CT molecular complexity index is 1030. The van der Waals surface area contributed by atoms with E-state index in [2.05, 4.69) is 29.4 Å². The molecule has 66 radical (unpaired) electrons. The zero-order valence-corrected chi connectivity index (χ0v) is 146. The fourth-order valence-electron chi connectivity index (χ4n) is 8.40. The topological polar surface area (TPSA) is 186 Å². The maximum Gasteiger partial charge on any atom is 0.0701 e. The van der Waals surface area contributed by atoms with E-state index in [1.807, 2.05) is 0 Å². The molecule has 9 saturated heterocycles. The van der Waals surface area contributed by atoms with E-state index in [0.717, 1.165) is 118 Å². The SMILES string of the molecule is C1COCCN2CCOCCOCCN(CCO1)CCOCCOCC2.C1COCCN2CCOCCOCCN(CCO1)CCOCCOCC2.C1COCCN2CCOCCOCCN(CCO1)CCOCCOCC2.[K].[K].[K].[Pd].[Pd].[Pd].[Pd].[Pd].[Pd].[Pd].[Pd].[Pd].[Pd].[Pd].[Pd].[Sb].[Sb].[Sb].[Sb].[Sb].[Sb].[Sb].[Sb].[Sb].[Sb].[Sb].[Sb].[Sb].[Sb].[Sb].[Sb].[Sb].[Sb].[Sb].[Sb].[Sb]. The molecule has 0 N–H and O–H groups in total. The van der Waals surface area contributed by atoms with Gasteiger partial charge < -0.3 is 85.3 Å². The third kappa shape index (κ3) is 169. The Kier molecular flexibility index (Phi) is 417. The van der Waals surface area contributed by atoms with E-state index in [-0.39, 0.29) is 912 Å². The maximum absolute atomic E-state index is 5.70. The van der Waals surface area contributed by atoms with Crippen molar-refractivity contribution in [3.8, 4) is 0 Å². The molecule has 0 aromatic heterocycles. The van der Waals surface area contributed by atoms with Gasteiger partial charge in [-0.05, 0) is 0 Å². The van der Waals surface area contributed by atoms with Crippen LogP contribution in [0.5, 0.6) is 0 Å². The molecule has 690 valence electrons. The molecule has 9 fully saturated rings. The fourth-order valence-corrected chi connectivity index (χ4v) is 8.40. The monoisotopic (exact) mass is 5060 g/mol. The van der Waals surface area contributed by atoms with Gasteiger partial charge in [-0.3, -0.25) is 29.4 Å². The van der Waals surface area contributed by atoms with Gasteiger partial charge in [0.1, 0.15) is 0 Å². The first-order valence-corrected chi connectivity index (χ1v) is 29.6. The van der Waals surface area contributed by atoms with Crippen LogP contribution >= 0.6 is 0 Å². The van der Waals surface area contributed by atoms with Crippen molar-refractivity contribution in [1.82, 2.24) is 29.4 Å². The van der Waals surface area contributed by atoms with E-state index in [9.17, 15) is 0 Å². The minimum Gasteiger partial charge on any atom is -0.378 e. The van der Waals surface area contributed by atoms with Crippen molar-refractivity contribution in [2.75, 3.05) is 356 Å². The summed E-state index contributed by atoms with van der Waals surface area (Å²) in [5, 5.41) is 0. The van der Waals surface area contributed by atoms with E-state index < -0.39 is 0 Å². The van der Waals surface area contributed by atoms with Crippen LogP contribution in [0, 0.1) is 0 Å². The number of ether oxygens (including phenoxy) is 18. The smallest absolute Gasteiger partial charge is 0.0701 e. The first kappa shape index (κ1) is 238. The van der Waals surface area contributed by atoms with Crippen LogP contribution in [-0.4, -0.2) is 1050 Å². The third-order valence-electron chi connectivity index (χ3n) is 13.3. The number of hydrogen-bond donors (Lipinski definition) is 0. The summed E-state index contributed by atoms with van der Waals surface area (Å²) in [5.41, 5.74) is 0. The van der Waals surface area contributed by atoms with Crippen molar-refractivity contribution in [1.29, 1.82) is 0 Å². The quantitative estimate of drug-likeness (QED) is 0.208. The van der Waals surface area contributed by atoms with E-state index in [4.69, 9.17) is 85.3 Å². The van der Waals surface area contributed by atoms with Gasteiger partial charge in [-0.2, -0.15) is 0 Å². The van der Waals surface area contributed by atoms with E-state index in [0.29, 0.717) is 238 Å². The van der Waals surface area contributed by atoms with Crippen molar-refractivity contribution in [2.45, 2.75) is 0 Å². The van der Waals surface area contributed by atoms with Crippen LogP contribution in [0.3, 0.4) is 0 Å². The van der Waals surface area contributed by atoms with Crippen LogP contribution in [0.25, 0.3) is 0 Å². The molecule has 9 aliphatic rings. The molecule has 0 aromatic rings. The summed E-state index contributed by atoms with van der Waals surface area (Å²) in [6.07, 6.45) is 0. The normalized spacial score (nSPS) is 20.8. The zero-order valence-electron chi connectivity index (χ0n) is 64.4. The Balaban J connectivity index is -0.0000000241. The summed E-state index contributed by atoms with van der Waals surface area (Å²) in [4.78, 5) is 13.9. The van der Waals surface area contributed by atoms with Crippen molar-refractivity contribution < 1.29 is 330 Å². The fraction of sp³-hybridized carbons (Fsp3) is 1.00. The van der Waals surface area contributed by atoms with E-state index in [1.54, 1.807) is 0 Å². The molecule has 60 heteroatoms. The van der Waals surface area contributed by atoms with Gasteiger partial charge in [-0.15, -0.1) is 0 Å². The van der Waals surface area contributed by atoms with Gasteiger partial charge in [0.25, 0.3) is 0 Å². The van der Waals surface area contributed by atoms with Gasteiger partial charge in [-0.1, -0.05) is 0 Å². The molecule has 9 heterocycles. The summed E-state index contributed by atoms with van der Waals surface area (Å²) in [5.74, 6) is 0. The molecule has 9 rings (SSSR count). The minimum atomic E-state index is 0. The molecule has 0 aromatic carbocycles. The molecule has 0 amide bonds. The van der Waals surface area contributed by atoms with Crippen LogP contribution < -0.4 is 0 Å². The van der Waals surface area contributed by atoms with Gasteiger partial charge >= 0.3 is 0 Å². The molecule has 0 aliphatic carbocycles. The number of nitrogens with zero attached hydrogens (tertiary/aromatic N) is 6. The molecule has 0 spiro atoms. The second kappa shape index (κ2) is 199. The van der Waals surface area contributed by atoms with Crippen LogP contribution in [0.1, 0.15) is 0 Å². The molecular weight excluding hydrogens is 4970 g/mol. The van der Waals surface area contributed by atoms with Crippen LogP contribution in [0.4, 0.5) is 0 Å². The molecule has 6 bridgehead atoms. The van der Waals surface area contributed by atoms with E-state index >= 15 is 0 Å². The van der Waals surface area contributed by atoms with Gasteiger partial charge in [0, 0.05) is 1030 Å². The van der Waals surface area contributed by atoms with Gasteiger partial charge in [0.05, 0.1) is 238 Å². The first-order valence-electron chi connectivity index (χ1n) is 29.6. The molecule has 9 aliphatic heterocycles. The summed E-state index contributed by atoms with van der Waals surface area (Å²) in [6, 6.07) is 0. The molecule has 0 unspecified atom stereocenters. The average molecular weight is 5080 g/mol. The van der Waals surface area contributed by atoms with Gasteiger partial charge in [0.15, 0.2) is 0 Å².